The maximum absolute atomic E-state index is 6.31. The molecule has 31 rings (SSSR count). The molecule has 3 aliphatic heterocycles. The molecular weight excluding hydrogens is 1760 g/mol. The van der Waals surface area contributed by atoms with Crippen LogP contribution in [0.5, 0.6) is 0 Å². The van der Waals surface area contributed by atoms with Crippen LogP contribution in [0.4, 0.5) is 51.7 Å². The Labute approximate surface area is 826 Å². The third kappa shape index (κ3) is 13.3. The van der Waals surface area contributed by atoms with E-state index in [1.165, 1.54) is 109 Å². The Morgan fingerprint density at radius 2 is 0.562 bits per heavy atom. The second kappa shape index (κ2) is 33.1. The first kappa shape index (κ1) is 81.6. The smallest absolute Gasteiger partial charge is 0.235 e. The quantitative estimate of drug-likeness (QED) is 0.137. The fraction of sp³-hybridized carbons (Fsp3) is 0. The van der Waals surface area contributed by atoms with Gasteiger partial charge >= 0.3 is 0 Å². The van der Waals surface area contributed by atoms with Crippen molar-refractivity contribution >= 4 is 193 Å². The highest BCUT2D eigenvalue weighted by Crippen LogP contribution is 2.58. The van der Waals surface area contributed by atoms with Gasteiger partial charge in [0.15, 0.2) is 5.82 Å². The molecule has 0 spiro atoms. The van der Waals surface area contributed by atoms with E-state index < -0.39 is 0 Å². The van der Waals surface area contributed by atoms with Crippen molar-refractivity contribution < 1.29 is 4.42 Å². The molecule has 3 aliphatic rings. The zero-order valence-corrected chi connectivity index (χ0v) is 77.4. The molecule has 9 heterocycles. The van der Waals surface area contributed by atoms with Gasteiger partial charge in [0.1, 0.15) is 11.2 Å². The summed E-state index contributed by atoms with van der Waals surface area (Å²) in [6.07, 6.45) is 3.68. The lowest BCUT2D eigenvalue weighted by atomic mass is 9.88. The summed E-state index contributed by atoms with van der Waals surface area (Å²) < 4.78 is 6.31. The minimum absolute atomic E-state index is 0.652. The SMILES string of the molecule is c1ccc(-c2ccc(-c3nc(N4c5cc6ccccc6cc5-c5cccc6cccc4c56)nc4ccccc34)cc2)nc1.c1ccc2cc3c(cc2c1)-c1cccc2cccc(c12)N3c1ccc(-c2nc(-c3cccc4oc5ccccc5c34)c3ccccc3n2)c2ccccc12.c1ccc2cc3c(cc2c1)-c1cccc2cccc(c12)N3c1nc(-c2ccc(-c3cccc4cccnc34)cc2)c2ccccc2n1. The zero-order chi connectivity index (χ0) is 94.6. The Bertz CT molecular complexity index is 10200. The van der Waals surface area contributed by atoms with Gasteiger partial charge in [-0.15, -0.1) is 0 Å². The first-order valence-electron chi connectivity index (χ1n) is 48.7. The summed E-state index contributed by atoms with van der Waals surface area (Å²) in [5, 5.41) is 23.1. The lowest BCUT2D eigenvalue weighted by molar-refractivity contribution is 0.669. The molecule has 0 unspecified atom stereocenters. The summed E-state index contributed by atoms with van der Waals surface area (Å²) in [6, 6.07) is 165. The van der Waals surface area contributed by atoms with Gasteiger partial charge in [0.25, 0.3) is 0 Å². The Morgan fingerprint density at radius 3 is 1.09 bits per heavy atom. The van der Waals surface area contributed by atoms with Crippen LogP contribution in [0, 0.1) is 0 Å². The van der Waals surface area contributed by atoms with Crippen LogP contribution in [0.3, 0.4) is 0 Å². The number of furan rings is 1. The average molecular weight is 1840 g/mol. The molecule has 0 amide bonds. The van der Waals surface area contributed by atoms with Gasteiger partial charge in [0, 0.05) is 116 Å². The molecule has 144 heavy (non-hydrogen) atoms. The van der Waals surface area contributed by atoms with E-state index in [9.17, 15) is 0 Å². The topological polar surface area (TPSA) is 126 Å². The van der Waals surface area contributed by atoms with E-state index in [1.807, 2.05) is 73.1 Å². The molecule has 0 N–H and O–H groups in total. The number of benzene rings is 22. The molecule has 22 aromatic carbocycles. The predicted molar refractivity (Wildman–Crippen MR) is 595 cm³/mol. The number of nitrogens with zero attached hydrogens (tertiary/aromatic N) is 11. The number of para-hydroxylation sites is 5. The standard InChI is InChI=1S/C50H29N3O.C43H26N4.C39H24N4/c1-2-13-32-29-44-40(28-31(32)12-1)35-20-9-14-30-15-10-23-43(47(30)35)53(44)42-27-26-36(33-16-3-4-17-34(33)42)50-51-41-22-7-5-18-37(41)49(52-50)39-21-11-25-46-48(39)38-19-6-8-24-45(38)54-46;1-2-10-32-26-39-36(25-31(32)9-1)34-17-5-11-28-12-7-19-38(40(28)34)47(39)43-45-37-18-4-3-15-35(37)42(46-43)30-22-20-27(21-23-30)33-16-6-13-29-14-8-24-44-41(29)33;1-2-10-29-24-36-32(23-28(29)9-1)30-14-7-11-26-12-8-17-35(37(26)30)43(36)39-41-34-16-4-3-13-31(34)38(42-39)27-20-18-25(19-21-27)33-15-5-6-22-40-33/h1-29H;1-26H;1-24H. The zero-order valence-electron chi connectivity index (χ0n) is 77.4. The van der Waals surface area contributed by atoms with Crippen LogP contribution in [-0.2, 0) is 0 Å². The molecule has 0 aliphatic carbocycles. The van der Waals surface area contributed by atoms with Crippen molar-refractivity contribution in [3.8, 4) is 101 Å². The Balaban J connectivity index is 0.000000103. The van der Waals surface area contributed by atoms with Gasteiger partial charge in [-0.2, -0.15) is 0 Å². The highest BCUT2D eigenvalue weighted by Gasteiger charge is 2.34. The third-order valence-corrected chi connectivity index (χ3v) is 29.0. The molecule has 668 valence electrons. The molecule has 6 aromatic heterocycles. The number of aromatic nitrogens is 8. The minimum atomic E-state index is 0.652. The normalized spacial score (nSPS) is 12.3. The fourth-order valence-corrected chi connectivity index (χ4v) is 22.5. The van der Waals surface area contributed by atoms with Crippen LogP contribution in [0.2, 0.25) is 0 Å². The Kier molecular flexibility index (Phi) is 18.8. The Morgan fingerprint density at radius 1 is 0.181 bits per heavy atom. The highest BCUT2D eigenvalue weighted by molar-refractivity contribution is 6.22. The van der Waals surface area contributed by atoms with Gasteiger partial charge in [-0.3, -0.25) is 19.8 Å². The molecule has 12 heteroatoms. The van der Waals surface area contributed by atoms with E-state index in [0.29, 0.717) is 17.7 Å². The number of rotatable bonds is 9. The second-order valence-electron chi connectivity index (χ2n) is 37.1. The van der Waals surface area contributed by atoms with Crippen LogP contribution >= 0.6 is 0 Å². The maximum Gasteiger partial charge on any atom is 0.235 e. The summed E-state index contributed by atoms with van der Waals surface area (Å²) in [5.41, 5.74) is 31.6. The molecule has 12 nitrogen and oxygen atoms in total. The number of hydrogen-bond acceptors (Lipinski definition) is 12. The van der Waals surface area contributed by atoms with E-state index >= 15 is 0 Å². The lowest BCUT2D eigenvalue weighted by Crippen LogP contribution is -2.18. The molecular formula is C132H79N11O. The van der Waals surface area contributed by atoms with Gasteiger partial charge in [-0.1, -0.05) is 352 Å². The first-order chi connectivity index (χ1) is 71.4. The number of hydrogen-bond donors (Lipinski definition) is 0. The van der Waals surface area contributed by atoms with Crippen LogP contribution in [0.25, 0.3) is 242 Å². The van der Waals surface area contributed by atoms with Crippen molar-refractivity contribution in [2.75, 3.05) is 14.7 Å². The van der Waals surface area contributed by atoms with Crippen molar-refractivity contribution in [3.63, 3.8) is 0 Å². The van der Waals surface area contributed by atoms with Crippen molar-refractivity contribution in [2.45, 2.75) is 0 Å². The second-order valence-corrected chi connectivity index (χ2v) is 37.1. The van der Waals surface area contributed by atoms with Gasteiger partial charge in [0.05, 0.1) is 84.7 Å². The van der Waals surface area contributed by atoms with Crippen molar-refractivity contribution in [2.24, 2.45) is 0 Å². The summed E-state index contributed by atoms with van der Waals surface area (Å²) >= 11 is 0. The maximum atomic E-state index is 6.31. The summed E-state index contributed by atoms with van der Waals surface area (Å²) in [5.74, 6) is 1.99. The van der Waals surface area contributed by atoms with E-state index in [4.69, 9.17) is 34.3 Å². The summed E-state index contributed by atoms with van der Waals surface area (Å²) in [4.78, 5) is 48.0. The fourth-order valence-electron chi connectivity index (χ4n) is 22.5. The van der Waals surface area contributed by atoms with Crippen LogP contribution in [-0.4, -0.2) is 39.9 Å². The molecule has 0 atom stereocenters. The molecule has 0 saturated carbocycles. The number of fused-ring (bicyclic) bond motifs is 17. The molecule has 0 bridgehead atoms. The number of anilines is 9. The largest absolute Gasteiger partial charge is 0.456 e. The van der Waals surface area contributed by atoms with Crippen molar-refractivity contribution in [3.05, 3.63) is 480 Å². The molecule has 0 saturated heterocycles. The molecule has 0 fully saturated rings. The Hall–Kier alpha value is -19.6. The van der Waals surface area contributed by atoms with Gasteiger partial charge < -0.3 is 9.32 Å². The van der Waals surface area contributed by atoms with E-state index in [2.05, 4.69) is 431 Å². The average Bonchev–Trinajstić information content (AvgIpc) is 0.958. The summed E-state index contributed by atoms with van der Waals surface area (Å²) in [7, 11) is 0. The van der Waals surface area contributed by atoms with Crippen LogP contribution in [0.15, 0.2) is 484 Å². The van der Waals surface area contributed by atoms with Crippen LogP contribution < -0.4 is 14.7 Å². The highest BCUT2D eigenvalue weighted by atomic mass is 16.3. The molecule has 0 radical (unpaired) electrons. The monoisotopic (exact) mass is 1830 g/mol. The van der Waals surface area contributed by atoms with E-state index in [1.54, 1.807) is 0 Å². The lowest BCUT2D eigenvalue weighted by Gasteiger charge is -2.34. The van der Waals surface area contributed by atoms with E-state index in [0.717, 1.165) is 166 Å². The van der Waals surface area contributed by atoms with Crippen molar-refractivity contribution in [1.29, 1.82) is 0 Å². The number of pyridine rings is 2. The van der Waals surface area contributed by atoms with E-state index in [-0.39, 0.29) is 0 Å². The van der Waals surface area contributed by atoms with Gasteiger partial charge in [-0.25, -0.2) is 29.9 Å². The summed E-state index contributed by atoms with van der Waals surface area (Å²) in [6.45, 7) is 0. The van der Waals surface area contributed by atoms with Crippen molar-refractivity contribution in [1.82, 2.24) is 39.9 Å². The van der Waals surface area contributed by atoms with Crippen LogP contribution in [0.1, 0.15) is 0 Å². The van der Waals surface area contributed by atoms with Gasteiger partial charge in [-0.05, 0) is 191 Å². The minimum Gasteiger partial charge on any atom is -0.456 e. The predicted octanol–water partition coefficient (Wildman–Crippen LogP) is 35.2. The van der Waals surface area contributed by atoms with Gasteiger partial charge in [0.2, 0.25) is 11.9 Å². The third-order valence-electron chi connectivity index (χ3n) is 29.0. The molecule has 28 aromatic rings. The first-order valence-corrected chi connectivity index (χ1v) is 48.7.